The van der Waals surface area contributed by atoms with Crippen LogP contribution in [0.3, 0.4) is 0 Å². The summed E-state index contributed by atoms with van der Waals surface area (Å²) >= 11 is 0. The smallest absolute Gasteiger partial charge is 0.306 e. The molecule has 0 saturated carbocycles. The Kier molecular flexibility index (Phi) is 56.5. The summed E-state index contributed by atoms with van der Waals surface area (Å²) < 4.78 is 17.4. The Labute approximate surface area is 433 Å². The minimum atomic E-state index is -0.583. The second-order valence-electron chi connectivity index (χ2n) is 18.8. The predicted octanol–water partition coefficient (Wildman–Crippen LogP) is 20.1. The minimum Gasteiger partial charge on any atom is -0.462 e. The fourth-order valence-electron chi connectivity index (χ4n) is 7.65. The topological polar surface area (TPSA) is 61.8 Å². The molecule has 0 aliphatic rings. The molecule has 0 aromatic carbocycles. The molecular formula is C65H108O5. The number of hydrogen-bond donors (Lipinski definition) is 0. The molecule has 0 heterocycles. The SMILES string of the molecule is CC/C=C\C/C=C\C/C=C\C/C=C\C/C=C\C/C=C\CCC(=O)OCC(COCCCCCCCCCC/C=C\C/C=C\CCCCC)OC(=O)CCCCCCCCC/C=C\C/C=C\CCCCC. The molecule has 0 rings (SSSR count). The van der Waals surface area contributed by atoms with Gasteiger partial charge in [-0.05, 0) is 122 Å². The number of unbranched alkanes of at least 4 members (excludes halogenated alkanes) is 21. The van der Waals surface area contributed by atoms with E-state index in [2.05, 4.69) is 136 Å². The number of carbonyl (C=O) groups excluding carboxylic acids is 2. The fraction of sp³-hybridized carbons (Fsp3) is 0.662. The van der Waals surface area contributed by atoms with Crippen molar-refractivity contribution in [2.45, 2.75) is 258 Å². The number of carbonyl (C=O) groups is 2. The third-order valence-corrected chi connectivity index (χ3v) is 12.0. The first-order valence-corrected chi connectivity index (χ1v) is 29.1. The highest BCUT2D eigenvalue weighted by Crippen LogP contribution is 2.14. The van der Waals surface area contributed by atoms with Crippen molar-refractivity contribution in [2.75, 3.05) is 19.8 Å². The summed E-state index contributed by atoms with van der Waals surface area (Å²) in [6.07, 6.45) is 83.7. The maximum absolute atomic E-state index is 12.9. The lowest BCUT2D eigenvalue weighted by atomic mass is 10.1. The first kappa shape index (κ1) is 66.3. The quantitative estimate of drug-likeness (QED) is 0.0345. The van der Waals surface area contributed by atoms with E-state index >= 15 is 0 Å². The molecule has 0 aliphatic heterocycles. The van der Waals surface area contributed by atoms with Crippen LogP contribution < -0.4 is 0 Å². The zero-order chi connectivity index (χ0) is 50.6. The number of rotatable bonds is 52. The van der Waals surface area contributed by atoms with E-state index in [9.17, 15) is 9.59 Å². The average Bonchev–Trinajstić information content (AvgIpc) is 3.36. The molecule has 0 aromatic heterocycles. The Balaban J connectivity index is 4.43. The molecule has 0 fully saturated rings. The van der Waals surface area contributed by atoms with Gasteiger partial charge in [-0.3, -0.25) is 9.59 Å². The van der Waals surface area contributed by atoms with E-state index in [1.165, 1.54) is 122 Å². The Hall–Kier alpha value is -3.70. The predicted molar refractivity (Wildman–Crippen MR) is 306 cm³/mol. The van der Waals surface area contributed by atoms with Gasteiger partial charge in [0.05, 0.1) is 6.61 Å². The van der Waals surface area contributed by atoms with Crippen molar-refractivity contribution in [2.24, 2.45) is 0 Å². The number of allylic oxidation sites excluding steroid dienone is 20. The van der Waals surface area contributed by atoms with Crippen LogP contribution in [0.5, 0.6) is 0 Å². The third-order valence-electron chi connectivity index (χ3n) is 12.0. The molecule has 1 atom stereocenters. The van der Waals surface area contributed by atoms with Crippen molar-refractivity contribution >= 4 is 11.9 Å². The Morgan fingerprint density at radius 2 is 0.671 bits per heavy atom. The molecule has 0 amide bonds. The first-order valence-electron chi connectivity index (χ1n) is 29.1. The van der Waals surface area contributed by atoms with Crippen molar-refractivity contribution in [1.29, 1.82) is 0 Å². The highest BCUT2D eigenvalue weighted by Gasteiger charge is 2.17. The van der Waals surface area contributed by atoms with Gasteiger partial charge in [0.15, 0.2) is 6.10 Å². The van der Waals surface area contributed by atoms with Gasteiger partial charge in [0.1, 0.15) is 6.61 Å². The molecule has 0 radical (unpaired) electrons. The zero-order valence-corrected chi connectivity index (χ0v) is 45.7. The molecule has 5 nitrogen and oxygen atoms in total. The Morgan fingerprint density at radius 1 is 0.329 bits per heavy atom. The molecule has 0 aromatic rings. The largest absolute Gasteiger partial charge is 0.462 e. The minimum absolute atomic E-state index is 0.0330. The lowest BCUT2D eigenvalue weighted by molar-refractivity contribution is -0.162. The highest BCUT2D eigenvalue weighted by atomic mass is 16.6. The van der Waals surface area contributed by atoms with Gasteiger partial charge >= 0.3 is 11.9 Å². The van der Waals surface area contributed by atoms with Gasteiger partial charge in [0.2, 0.25) is 0 Å². The van der Waals surface area contributed by atoms with E-state index in [1.807, 2.05) is 6.08 Å². The van der Waals surface area contributed by atoms with Gasteiger partial charge in [0.25, 0.3) is 0 Å². The van der Waals surface area contributed by atoms with Gasteiger partial charge in [-0.2, -0.15) is 0 Å². The van der Waals surface area contributed by atoms with Crippen molar-refractivity contribution in [1.82, 2.24) is 0 Å². The van der Waals surface area contributed by atoms with E-state index in [0.717, 1.165) is 89.9 Å². The fourth-order valence-corrected chi connectivity index (χ4v) is 7.65. The number of ether oxygens (including phenoxy) is 3. The second kappa shape index (κ2) is 59.6. The molecule has 0 aliphatic carbocycles. The van der Waals surface area contributed by atoms with Gasteiger partial charge in [-0.25, -0.2) is 0 Å². The average molecular weight is 970 g/mol. The van der Waals surface area contributed by atoms with Crippen LogP contribution in [0.2, 0.25) is 0 Å². The summed E-state index contributed by atoms with van der Waals surface area (Å²) in [6, 6.07) is 0. The highest BCUT2D eigenvalue weighted by molar-refractivity contribution is 5.70. The molecular weight excluding hydrogens is 861 g/mol. The Bertz CT molecular complexity index is 1420. The first-order chi connectivity index (χ1) is 34.6. The normalized spacial score (nSPS) is 13.1. The van der Waals surface area contributed by atoms with Crippen LogP contribution in [0.1, 0.15) is 252 Å². The second-order valence-corrected chi connectivity index (χ2v) is 18.8. The Morgan fingerprint density at radius 3 is 1.09 bits per heavy atom. The van der Waals surface area contributed by atoms with Crippen molar-refractivity contribution < 1.29 is 23.8 Å². The van der Waals surface area contributed by atoms with Crippen LogP contribution in [0.15, 0.2) is 122 Å². The van der Waals surface area contributed by atoms with Gasteiger partial charge in [-0.1, -0.05) is 239 Å². The summed E-state index contributed by atoms with van der Waals surface area (Å²) in [6.45, 7) is 7.57. The third kappa shape index (κ3) is 56.9. The van der Waals surface area contributed by atoms with E-state index < -0.39 is 6.10 Å². The van der Waals surface area contributed by atoms with E-state index in [-0.39, 0.29) is 25.2 Å². The van der Waals surface area contributed by atoms with Crippen LogP contribution in [-0.4, -0.2) is 37.9 Å². The van der Waals surface area contributed by atoms with Crippen molar-refractivity contribution in [3.8, 4) is 0 Å². The van der Waals surface area contributed by atoms with Gasteiger partial charge in [0, 0.05) is 19.4 Å². The van der Waals surface area contributed by atoms with Crippen LogP contribution in [-0.2, 0) is 23.8 Å². The molecule has 0 spiro atoms. The van der Waals surface area contributed by atoms with Gasteiger partial charge in [-0.15, -0.1) is 0 Å². The molecule has 0 N–H and O–H groups in total. The van der Waals surface area contributed by atoms with Crippen LogP contribution in [0.25, 0.3) is 0 Å². The van der Waals surface area contributed by atoms with E-state index in [4.69, 9.17) is 14.2 Å². The summed E-state index contributed by atoms with van der Waals surface area (Å²) in [5.74, 6) is -0.508. The summed E-state index contributed by atoms with van der Waals surface area (Å²) in [5.41, 5.74) is 0. The van der Waals surface area contributed by atoms with Crippen LogP contribution in [0.4, 0.5) is 0 Å². The van der Waals surface area contributed by atoms with Crippen molar-refractivity contribution in [3.05, 3.63) is 122 Å². The lowest BCUT2D eigenvalue weighted by Gasteiger charge is -2.18. The molecule has 0 saturated heterocycles. The number of hydrogen-bond acceptors (Lipinski definition) is 5. The summed E-state index contributed by atoms with van der Waals surface area (Å²) in [4.78, 5) is 25.5. The zero-order valence-electron chi connectivity index (χ0n) is 45.7. The van der Waals surface area contributed by atoms with E-state index in [1.54, 1.807) is 0 Å². The molecule has 398 valence electrons. The van der Waals surface area contributed by atoms with Crippen molar-refractivity contribution in [3.63, 3.8) is 0 Å². The van der Waals surface area contributed by atoms with Crippen LogP contribution >= 0.6 is 0 Å². The maximum Gasteiger partial charge on any atom is 0.306 e. The molecule has 0 bridgehead atoms. The monoisotopic (exact) mass is 969 g/mol. The molecule has 5 heteroatoms. The summed E-state index contributed by atoms with van der Waals surface area (Å²) in [5, 5.41) is 0. The summed E-state index contributed by atoms with van der Waals surface area (Å²) in [7, 11) is 0. The number of esters is 2. The lowest BCUT2D eigenvalue weighted by Crippen LogP contribution is -2.30. The van der Waals surface area contributed by atoms with E-state index in [0.29, 0.717) is 25.9 Å². The standard InChI is InChI=1S/C65H108O5/c1-4-7-10-13-16-19-22-25-28-31-33-35-37-40-43-46-49-52-55-58-64(66)69-62-63(61-68-60-57-54-51-48-45-42-39-36-32-29-26-23-20-17-14-11-8-5-2)70-65(67)59-56-53-50-47-44-41-38-34-30-27-24-21-18-15-12-9-6-3/h7,10,16-21,25-30,33,35,40,43,49,52,63H,4-6,8-9,11-15,22-24,31-32,34,36-39,41-42,44-48,50-51,53-62H2,1-3H3/b10-7-,19-16-,20-17-,21-18-,28-25-,29-26-,30-27-,35-33-,43-40-,52-49-. The van der Waals surface area contributed by atoms with Crippen LogP contribution in [0, 0.1) is 0 Å². The molecule has 70 heavy (non-hydrogen) atoms. The maximum atomic E-state index is 12.9. The molecule has 1 unspecified atom stereocenters. The van der Waals surface area contributed by atoms with Gasteiger partial charge < -0.3 is 14.2 Å².